The number of hydrogen-bond donors (Lipinski definition) is 1. The number of rotatable bonds is 6. The third-order valence-electron chi connectivity index (χ3n) is 4.66. The fraction of sp³-hybridized carbons (Fsp3) is 0.400. The van der Waals surface area contributed by atoms with Crippen molar-refractivity contribution in [3.63, 3.8) is 0 Å². The van der Waals surface area contributed by atoms with Gasteiger partial charge in [-0.1, -0.05) is 30.3 Å². The average Bonchev–Trinajstić information content (AvgIpc) is 2.63. The molecular weight excluding hydrogens is 336 g/mol. The van der Waals surface area contributed by atoms with Crippen molar-refractivity contribution in [2.75, 3.05) is 20.2 Å². The first-order chi connectivity index (χ1) is 11.8. The number of para-hydroxylation sites is 1. The molecule has 5 heteroatoms. The molecule has 1 aliphatic rings. The molecular formula is C20H27ClN2O2. The molecule has 25 heavy (non-hydrogen) atoms. The highest BCUT2D eigenvalue weighted by molar-refractivity contribution is 5.85. The molecule has 2 aromatic rings. The van der Waals surface area contributed by atoms with Crippen LogP contribution in [0.3, 0.4) is 0 Å². The zero-order chi connectivity index (χ0) is 16.8. The Kier molecular flexibility index (Phi) is 7.72. The van der Waals surface area contributed by atoms with Crippen LogP contribution in [-0.2, 0) is 11.3 Å². The first-order valence-electron chi connectivity index (χ1n) is 8.57. The second-order valence-corrected chi connectivity index (χ2v) is 6.30. The van der Waals surface area contributed by atoms with Gasteiger partial charge in [-0.05, 0) is 42.7 Å². The Bertz CT molecular complexity index is 639. The predicted octanol–water partition coefficient (Wildman–Crippen LogP) is 3.84. The number of halogens is 1. The average molecular weight is 363 g/mol. The second kappa shape index (κ2) is 9.78. The fourth-order valence-electron chi connectivity index (χ4n) is 3.30. The van der Waals surface area contributed by atoms with Gasteiger partial charge in [0.1, 0.15) is 11.5 Å². The van der Waals surface area contributed by atoms with Gasteiger partial charge in [-0.2, -0.15) is 0 Å². The van der Waals surface area contributed by atoms with Crippen LogP contribution in [0.1, 0.15) is 18.4 Å². The Labute approximate surface area is 156 Å². The molecule has 0 saturated carbocycles. The standard InChI is InChI=1S/C20H26N2O2.ClH/c1-23-19-10-11-22(17(13-19)14-21)15-16-6-5-9-20(12-16)24-18-7-3-2-4-8-18;/h2-9,12,17,19H,10-11,13-15,21H2,1H3;1H. The number of nitrogens with two attached hydrogens (primary N) is 1. The zero-order valence-electron chi connectivity index (χ0n) is 14.6. The Morgan fingerprint density at radius 1 is 1.08 bits per heavy atom. The molecule has 3 rings (SSSR count). The third-order valence-corrected chi connectivity index (χ3v) is 4.66. The van der Waals surface area contributed by atoms with E-state index in [1.54, 1.807) is 7.11 Å². The van der Waals surface area contributed by atoms with E-state index in [4.69, 9.17) is 15.2 Å². The van der Waals surface area contributed by atoms with Gasteiger partial charge in [0.2, 0.25) is 0 Å². The summed E-state index contributed by atoms with van der Waals surface area (Å²) in [6.07, 6.45) is 2.41. The van der Waals surface area contributed by atoms with Crippen molar-refractivity contribution in [2.24, 2.45) is 5.73 Å². The van der Waals surface area contributed by atoms with Crippen LogP contribution in [0.5, 0.6) is 11.5 Å². The molecule has 0 radical (unpaired) electrons. The van der Waals surface area contributed by atoms with Crippen molar-refractivity contribution in [1.82, 2.24) is 4.90 Å². The topological polar surface area (TPSA) is 47.7 Å². The molecule has 1 fully saturated rings. The lowest BCUT2D eigenvalue weighted by molar-refractivity contribution is 0.0102. The van der Waals surface area contributed by atoms with Crippen molar-refractivity contribution in [2.45, 2.75) is 31.5 Å². The monoisotopic (exact) mass is 362 g/mol. The number of ether oxygens (including phenoxy) is 2. The van der Waals surface area contributed by atoms with E-state index < -0.39 is 0 Å². The predicted molar refractivity (Wildman–Crippen MR) is 103 cm³/mol. The van der Waals surface area contributed by atoms with Crippen LogP contribution in [0.25, 0.3) is 0 Å². The van der Waals surface area contributed by atoms with Crippen molar-refractivity contribution >= 4 is 12.4 Å². The molecule has 0 bridgehead atoms. The van der Waals surface area contributed by atoms with Crippen LogP contribution in [-0.4, -0.2) is 37.2 Å². The molecule has 0 aromatic heterocycles. The highest BCUT2D eigenvalue weighted by atomic mass is 35.5. The van der Waals surface area contributed by atoms with Gasteiger partial charge in [-0.25, -0.2) is 0 Å². The molecule has 4 nitrogen and oxygen atoms in total. The van der Waals surface area contributed by atoms with E-state index in [0.717, 1.165) is 37.4 Å². The Balaban J connectivity index is 0.00000225. The largest absolute Gasteiger partial charge is 0.457 e. The van der Waals surface area contributed by atoms with Crippen molar-refractivity contribution < 1.29 is 9.47 Å². The van der Waals surface area contributed by atoms with Gasteiger partial charge in [0.15, 0.2) is 0 Å². The molecule has 2 N–H and O–H groups in total. The van der Waals surface area contributed by atoms with Crippen molar-refractivity contribution in [1.29, 1.82) is 0 Å². The number of likely N-dealkylation sites (tertiary alicyclic amines) is 1. The molecule has 0 spiro atoms. The molecule has 2 aromatic carbocycles. The molecule has 1 saturated heterocycles. The fourth-order valence-corrected chi connectivity index (χ4v) is 3.30. The maximum Gasteiger partial charge on any atom is 0.127 e. The summed E-state index contributed by atoms with van der Waals surface area (Å²) in [5.41, 5.74) is 7.22. The summed E-state index contributed by atoms with van der Waals surface area (Å²) in [5, 5.41) is 0. The molecule has 1 heterocycles. The lowest BCUT2D eigenvalue weighted by Crippen LogP contribution is -2.47. The second-order valence-electron chi connectivity index (χ2n) is 6.30. The van der Waals surface area contributed by atoms with E-state index in [1.165, 1.54) is 5.56 Å². The minimum Gasteiger partial charge on any atom is -0.457 e. The van der Waals surface area contributed by atoms with Gasteiger partial charge >= 0.3 is 0 Å². The highest BCUT2D eigenvalue weighted by Crippen LogP contribution is 2.25. The summed E-state index contributed by atoms with van der Waals surface area (Å²) in [4.78, 5) is 2.46. The molecule has 0 aliphatic carbocycles. The van der Waals surface area contributed by atoms with Gasteiger partial charge in [-0.15, -0.1) is 12.4 Å². The first kappa shape index (κ1) is 19.7. The molecule has 1 aliphatic heterocycles. The van der Waals surface area contributed by atoms with Gasteiger partial charge in [0, 0.05) is 32.8 Å². The van der Waals surface area contributed by atoms with Crippen LogP contribution in [0.4, 0.5) is 0 Å². The quantitative estimate of drug-likeness (QED) is 0.848. The number of nitrogens with zero attached hydrogens (tertiary/aromatic N) is 1. The number of hydrogen-bond acceptors (Lipinski definition) is 4. The zero-order valence-corrected chi connectivity index (χ0v) is 15.5. The van der Waals surface area contributed by atoms with Crippen LogP contribution < -0.4 is 10.5 Å². The van der Waals surface area contributed by atoms with E-state index in [2.05, 4.69) is 17.0 Å². The maximum atomic E-state index is 5.97. The van der Waals surface area contributed by atoms with Gasteiger partial charge < -0.3 is 15.2 Å². The summed E-state index contributed by atoms with van der Waals surface area (Å²) >= 11 is 0. The minimum absolute atomic E-state index is 0. The maximum absolute atomic E-state index is 5.97. The van der Waals surface area contributed by atoms with E-state index in [0.29, 0.717) is 18.7 Å². The normalized spacial score (nSPS) is 20.7. The molecule has 0 amide bonds. The van der Waals surface area contributed by atoms with Crippen LogP contribution in [0, 0.1) is 0 Å². The summed E-state index contributed by atoms with van der Waals surface area (Å²) in [7, 11) is 1.79. The van der Waals surface area contributed by atoms with Crippen LogP contribution in [0.2, 0.25) is 0 Å². The van der Waals surface area contributed by atoms with Gasteiger partial charge in [0.25, 0.3) is 0 Å². The molecule has 2 unspecified atom stereocenters. The summed E-state index contributed by atoms with van der Waals surface area (Å²) < 4.78 is 11.4. The van der Waals surface area contributed by atoms with E-state index in [9.17, 15) is 0 Å². The number of benzene rings is 2. The minimum atomic E-state index is 0. The SMILES string of the molecule is COC1CCN(Cc2cccc(Oc3ccccc3)c2)C(CN)C1.Cl. The van der Waals surface area contributed by atoms with Crippen LogP contribution >= 0.6 is 12.4 Å². The molecule has 136 valence electrons. The Hall–Kier alpha value is -1.59. The summed E-state index contributed by atoms with van der Waals surface area (Å²) in [6, 6.07) is 18.6. The smallest absolute Gasteiger partial charge is 0.127 e. The van der Waals surface area contributed by atoms with E-state index >= 15 is 0 Å². The van der Waals surface area contributed by atoms with E-state index in [-0.39, 0.29) is 12.4 Å². The summed E-state index contributed by atoms with van der Waals surface area (Å²) in [5.74, 6) is 1.73. The number of methoxy groups -OCH3 is 1. The Morgan fingerprint density at radius 3 is 2.56 bits per heavy atom. The first-order valence-corrected chi connectivity index (χ1v) is 8.57. The lowest BCUT2D eigenvalue weighted by atomic mass is 9.98. The lowest BCUT2D eigenvalue weighted by Gasteiger charge is -2.38. The van der Waals surface area contributed by atoms with Crippen LogP contribution in [0.15, 0.2) is 54.6 Å². The highest BCUT2D eigenvalue weighted by Gasteiger charge is 2.27. The van der Waals surface area contributed by atoms with Crippen molar-refractivity contribution in [3.05, 3.63) is 60.2 Å². The van der Waals surface area contributed by atoms with Crippen molar-refractivity contribution in [3.8, 4) is 11.5 Å². The summed E-state index contributed by atoms with van der Waals surface area (Å²) in [6.45, 7) is 2.58. The van der Waals surface area contributed by atoms with Gasteiger partial charge in [0.05, 0.1) is 6.10 Å². The number of piperidine rings is 1. The molecule has 2 atom stereocenters. The van der Waals surface area contributed by atoms with Gasteiger partial charge in [-0.3, -0.25) is 4.90 Å². The van der Waals surface area contributed by atoms with E-state index in [1.807, 2.05) is 42.5 Å². The third kappa shape index (κ3) is 5.44. The Morgan fingerprint density at radius 2 is 1.84 bits per heavy atom.